The van der Waals surface area contributed by atoms with Gasteiger partial charge in [-0.3, -0.25) is 9.59 Å². The number of likely N-dealkylation sites (tertiary alicyclic amines) is 1. The first-order chi connectivity index (χ1) is 10.7. The van der Waals surface area contributed by atoms with Crippen molar-refractivity contribution >= 4 is 11.8 Å². The Morgan fingerprint density at radius 1 is 1.09 bits per heavy atom. The molecule has 6 nitrogen and oxygen atoms in total. The van der Waals surface area contributed by atoms with E-state index < -0.39 is 0 Å². The number of nitrogens with one attached hydrogen (secondary N) is 2. The molecule has 0 spiro atoms. The Kier molecular flexibility index (Phi) is 6.36. The van der Waals surface area contributed by atoms with Gasteiger partial charge in [0.1, 0.15) is 0 Å². The van der Waals surface area contributed by atoms with Crippen LogP contribution in [0.25, 0.3) is 0 Å². The van der Waals surface area contributed by atoms with E-state index in [1.807, 2.05) is 12.1 Å². The second kappa shape index (κ2) is 8.51. The minimum absolute atomic E-state index is 0.0164. The molecule has 0 atom stereocenters. The Hall–Kier alpha value is -1.92. The Bertz CT molecular complexity index is 495. The Morgan fingerprint density at radius 2 is 1.77 bits per heavy atom. The lowest BCUT2D eigenvalue weighted by atomic mass is 10.1. The summed E-state index contributed by atoms with van der Waals surface area (Å²) in [5.74, 6) is -0.250. The molecule has 1 aliphatic rings. The van der Waals surface area contributed by atoms with Gasteiger partial charge in [0.25, 0.3) is 5.91 Å². The smallest absolute Gasteiger partial charge is 0.251 e. The number of carbonyl (C=O) groups is 2. The van der Waals surface area contributed by atoms with Crippen molar-refractivity contribution in [3.05, 3.63) is 35.4 Å². The molecule has 0 aliphatic carbocycles. The van der Waals surface area contributed by atoms with E-state index >= 15 is 0 Å². The summed E-state index contributed by atoms with van der Waals surface area (Å²) in [7, 11) is 0. The summed E-state index contributed by atoms with van der Waals surface area (Å²) >= 11 is 0. The number of benzene rings is 1. The van der Waals surface area contributed by atoms with Crippen LogP contribution in [0.5, 0.6) is 0 Å². The van der Waals surface area contributed by atoms with Crippen molar-refractivity contribution in [2.75, 3.05) is 32.7 Å². The van der Waals surface area contributed by atoms with Crippen LogP contribution in [0.15, 0.2) is 24.3 Å². The molecule has 1 saturated heterocycles. The molecule has 2 rings (SSSR count). The summed E-state index contributed by atoms with van der Waals surface area (Å²) < 4.78 is 0. The van der Waals surface area contributed by atoms with Crippen molar-refractivity contribution in [2.45, 2.75) is 19.4 Å². The minimum atomic E-state index is -0.191. The van der Waals surface area contributed by atoms with E-state index in [1.165, 1.54) is 12.8 Å². The lowest BCUT2D eigenvalue weighted by Crippen LogP contribution is -2.33. The van der Waals surface area contributed by atoms with E-state index in [0.29, 0.717) is 18.7 Å². The highest BCUT2D eigenvalue weighted by Crippen LogP contribution is 2.06. The fourth-order valence-corrected chi connectivity index (χ4v) is 2.48. The van der Waals surface area contributed by atoms with Crippen LogP contribution in [0.1, 0.15) is 28.8 Å². The number of hydrogen-bond acceptors (Lipinski definition) is 4. The van der Waals surface area contributed by atoms with E-state index in [1.54, 1.807) is 12.1 Å². The van der Waals surface area contributed by atoms with Crippen LogP contribution in [0.4, 0.5) is 0 Å². The van der Waals surface area contributed by atoms with Crippen molar-refractivity contribution in [3.8, 4) is 0 Å². The Morgan fingerprint density at radius 3 is 2.41 bits per heavy atom. The normalized spacial score (nSPS) is 14.8. The molecule has 0 aromatic heterocycles. The SMILES string of the molecule is NCC(=O)NCc1ccc(C(=O)NCCN2CCCC2)cc1. The van der Waals surface area contributed by atoms with E-state index in [-0.39, 0.29) is 18.4 Å². The van der Waals surface area contributed by atoms with E-state index in [4.69, 9.17) is 5.73 Å². The van der Waals surface area contributed by atoms with Crippen molar-refractivity contribution in [1.82, 2.24) is 15.5 Å². The fraction of sp³-hybridized carbons (Fsp3) is 0.500. The molecule has 1 aliphatic heterocycles. The monoisotopic (exact) mass is 304 g/mol. The molecule has 0 saturated carbocycles. The first-order valence-corrected chi connectivity index (χ1v) is 7.75. The molecule has 0 bridgehead atoms. The zero-order valence-corrected chi connectivity index (χ0v) is 12.8. The third-order valence-corrected chi connectivity index (χ3v) is 3.80. The molecule has 1 aromatic rings. The molecule has 0 unspecified atom stereocenters. The maximum atomic E-state index is 12.0. The molecule has 4 N–H and O–H groups in total. The predicted octanol–water partition coefficient (Wildman–Crippen LogP) is 0.0871. The third-order valence-electron chi connectivity index (χ3n) is 3.80. The topological polar surface area (TPSA) is 87.5 Å². The highest BCUT2D eigenvalue weighted by Gasteiger charge is 2.11. The zero-order chi connectivity index (χ0) is 15.8. The summed E-state index contributed by atoms with van der Waals surface area (Å²) in [4.78, 5) is 25.5. The lowest BCUT2D eigenvalue weighted by molar-refractivity contribution is -0.119. The van der Waals surface area contributed by atoms with Crippen LogP contribution in [0.2, 0.25) is 0 Å². The number of rotatable bonds is 7. The number of amides is 2. The molecule has 1 fully saturated rings. The van der Waals surface area contributed by atoms with Crippen molar-refractivity contribution in [1.29, 1.82) is 0 Å². The van der Waals surface area contributed by atoms with Crippen molar-refractivity contribution < 1.29 is 9.59 Å². The number of hydrogen-bond donors (Lipinski definition) is 3. The first-order valence-electron chi connectivity index (χ1n) is 7.75. The highest BCUT2D eigenvalue weighted by molar-refractivity contribution is 5.94. The molecule has 0 radical (unpaired) electrons. The molecule has 1 heterocycles. The van der Waals surface area contributed by atoms with Gasteiger partial charge in [-0.2, -0.15) is 0 Å². The molecular weight excluding hydrogens is 280 g/mol. The quantitative estimate of drug-likeness (QED) is 0.666. The second-order valence-corrected chi connectivity index (χ2v) is 5.48. The second-order valence-electron chi connectivity index (χ2n) is 5.48. The average molecular weight is 304 g/mol. The molecule has 120 valence electrons. The van der Waals surface area contributed by atoms with Crippen LogP contribution in [-0.4, -0.2) is 49.4 Å². The van der Waals surface area contributed by atoms with Gasteiger partial charge in [0.15, 0.2) is 0 Å². The standard InChI is InChI=1S/C16H24N4O2/c17-11-15(21)19-12-13-3-5-14(6-4-13)16(22)18-7-10-20-8-1-2-9-20/h3-6H,1-2,7-12,17H2,(H,18,22)(H,19,21). The summed E-state index contributed by atoms with van der Waals surface area (Å²) in [6, 6.07) is 7.22. The Balaban J connectivity index is 1.74. The van der Waals surface area contributed by atoms with Gasteiger partial charge < -0.3 is 21.3 Å². The van der Waals surface area contributed by atoms with Crippen LogP contribution in [0, 0.1) is 0 Å². The van der Waals surface area contributed by atoms with Crippen LogP contribution >= 0.6 is 0 Å². The van der Waals surface area contributed by atoms with Gasteiger partial charge in [-0.05, 0) is 43.6 Å². The van der Waals surface area contributed by atoms with E-state index in [9.17, 15) is 9.59 Å². The highest BCUT2D eigenvalue weighted by atomic mass is 16.2. The summed E-state index contributed by atoms with van der Waals surface area (Å²) in [5, 5.41) is 5.63. The summed E-state index contributed by atoms with van der Waals surface area (Å²) in [6.07, 6.45) is 2.52. The third kappa shape index (κ3) is 5.13. The van der Waals surface area contributed by atoms with Gasteiger partial charge in [-0.15, -0.1) is 0 Å². The van der Waals surface area contributed by atoms with Crippen LogP contribution in [0.3, 0.4) is 0 Å². The van der Waals surface area contributed by atoms with E-state index in [0.717, 1.165) is 25.2 Å². The van der Waals surface area contributed by atoms with Crippen LogP contribution < -0.4 is 16.4 Å². The van der Waals surface area contributed by atoms with E-state index in [2.05, 4.69) is 15.5 Å². The Labute approximate surface area is 131 Å². The molecule has 2 amide bonds. The van der Waals surface area contributed by atoms with Gasteiger partial charge in [0, 0.05) is 25.2 Å². The largest absolute Gasteiger partial charge is 0.351 e. The van der Waals surface area contributed by atoms with Gasteiger partial charge in [-0.25, -0.2) is 0 Å². The fourth-order valence-electron chi connectivity index (χ4n) is 2.48. The molecule has 6 heteroatoms. The number of carbonyl (C=O) groups excluding carboxylic acids is 2. The predicted molar refractivity (Wildman–Crippen MR) is 85.4 cm³/mol. The molecule has 1 aromatic carbocycles. The maximum Gasteiger partial charge on any atom is 0.251 e. The zero-order valence-electron chi connectivity index (χ0n) is 12.8. The van der Waals surface area contributed by atoms with Gasteiger partial charge >= 0.3 is 0 Å². The summed E-state index contributed by atoms with van der Waals surface area (Å²) in [5.41, 5.74) is 6.80. The maximum absolute atomic E-state index is 12.0. The number of nitrogens with zero attached hydrogens (tertiary/aromatic N) is 1. The average Bonchev–Trinajstić information content (AvgIpc) is 3.06. The van der Waals surface area contributed by atoms with Gasteiger partial charge in [0.2, 0.25) is 5.91 Å². The summed E-state index contributed by atoms with van der Waals surface area (Å²) in [6.45, 7) is 4.27. The minimum Gasteiger partial charge on any atom is -0.351 e. The van der Waals surface area contributed by atoms with Crippen molar-refractivity contribution in [3.63, 3.8) is 0 Å². The number of nitrogens with two attached hydrogens (primary N) is 1. The molecular formula is C16H24N4O2. The van der Waals surface area contributed by atoms with Crippen molar-refractivity contribution in [2.24, 2.45) is 5.73 Å². The lowest BCUT2D eigenvalue weighted by Gasteiger charge is -2.14. The van der Waals surface area contributed by atoms with Crippen LogP contribution in [-0.2, 0) is 11.3 Å². The first kappa shape index (κ1) is 16.5. The van der Waals surface area contributed by atoms with Gasteiger partial charge in [-0.1, -0.05) is 12.1 Å². The molecule has 22 heavy (non-hydrogen) atoms. The van der Waals surface area contributed by atoms with Gasteiger partial charge in [0.05, 0.1) is 6.54 Å².